The Morgan fingerprint density at radius 3 is 1.39 bits per heavy atom. The van der Waals surface area contributed by atoms with Gasteiger partial charge in [-0.15, -0.1) is 0 Å². The molecule has 0 saturated heterocycles. The molecule has 5 nitrogen and oxygen atoms in total. The number of rotatable bonds is 19. The lowest BCUT2D eigenvalue weighted by atomic mass is 9.99. The van der Waals surface area contributed by atoms with E-state index in [0.29, 0.717) is 24.4 Å². The number of ketones is 2. The van der Waals surface area contributed by atoms with Crippen LogP contribution in [0.3, 0.4) is 0 Å². The van der Waals surface area contributed by atoms with Crippen LogP contribution in [0, 0.1) is 11.8 Å². The van der Waals surface area contributed by atoms with Gasteiger partial charge in [-0.25, -0.2) is 0 Å². The minimum atomic E-state index is -1.61. The molecule has 0 aliphatic carbocycles. The highest BCUT2D eigenvalue weighted by atomic mass is 28.4. The predicted octanol–water partition coefficient (Wildman–Crippen LogP) is 5.76. The Hall–Kier alpha value is -0.346. The largest absolute Gasteiger partial charge is 0.418 e. The standard InChI is InChI=1S/C24H51NO4Si2/c1-10-25(19-21(4)23(26)15-13-17-30(6,7)28-11-2)20-22(5)24(27)16-14-18-31(8,9)29-12-3/h21-22H,10-20H2,1-9H3. The maximum Gasteiger partial charge on any atom is 0.186 e. The highest BCUT2D eigenvalue weighted by Gasteiger charge is 2.25. The summed E-state index contributed by atoms with van der Waals surface area (Å²) in [6.45, 7) is 23.0. The summed E-state index contributed by atoms with van der Waals surface area (Å²) < 4.78 is 11.7. The van der Waals surface area contributed by atoms with Crippen LogP contribution in [-0.4, -0.2) is 65.9 Å². The van der Waals surface area contributed by atoms with Gasteiger partial charge >= 0.3 is 0 Å². The van der Waals surface area contributed by atoms with Gasteiger partial charge in [0.05, 0.1) is 0 Å². The van der Waals surface area contributed by atoms with Crippen LogP contribution in [0.25, 0.3) is 0 Å². The van der Waals surface area contributed by atoms with Crippen molar-refractivity contribution in [2.24, 2.45) is 11.8 Å². The van der Waals surface area contributed by atoms with E-state index in [0.717, 1.165) is 57.8 Å². The van der Waals surface area contributed by atoms with Gasteiger partial charge in [-0.05, 0) is 71.5 Å². The number of hydrogen-bond acceptors (Lipinski definition) is 5. The molecule has 0 heterocycles. The molecule has 0 aromatic heterocycles. The second-order valence-electron chi connectivity index (χ2n) is 10.2. The summed E-state index contributed by atoms with van der Waals surface area (Å²) in [6.07, 6.45) is 3.11. The van der Waals surface area contributed by atoms with Crippen LogP contribution in [0.15, 0.2) is 0 Å². The first-order valence-electron chi connectivity index (χ1n) is 12.4. The molecule has 7 heteroatoms. The molecule has 0 rings (SSSR count). The fourth-order valence-electron chi connectivity index (χ4n) is 4.11. The molecule has 2 unspecified atom stereocenters. The molecule has 0 saturated carbocycles. The van der Waals surface area contributed by atoms with Crippen LogP contribution in [0.4, 0.5) is 0 Å². The summed E-state index contributed by atoms with van der Waals surface area (Å²) in [4.78, 5) is 27.5. The fourth-order valence-corrected chi connectivity index (χ4v) is 8.01. The Kier molecular flexibility index (Phi) is 15.3. The second kappa shape index (κ2) is 15.5. The molecule has 0 radical (unpaired) electrons. The zero-order valence-corrected chi connectivity index (χ0v) is 24.0. The number of hydrogen-bond donors (Lipinski definition) is 0. The highest BCUT2D eigenvalue weighted by Crippen LogP contribution is 2.19. The molecule has 0 aliphatic heterocycles. The minimum Gasteiger partial charge on any atom is -0.418 e. The van der Waals surface area contributed by atoms with Gasteiger partial charge in [0.1, 0.15) is 11.6 Å². The summed E-state index contributed by atoms with van der Waals surface area (Å²) in [6, 6.07) is 2.07. The lowest BCUT2D eigenvalue weighted by Crippen LogP contribution is -2.37. The van der Waals surface area contributed by atoms with E-state index in [1.165, 1.54) is 0 Å². The quantitative estimate of drug-likeness (QED) is 0.223. The third-order valence-electron chi connectivity index (χ3n) is 6.08. The van der Waals surface area contributed by atoms with Gasteiger partial charge in [-0.3, -0.25) is 9.59 Å². The van der Waals surface area contributed by atoms with Crippen molar-refractivity contribution in [1.29, 1.82) is 0 Å². The zero-order chi connectivity index (χ0) is 24.1. The van der Waals surface area contributed by atoms with Gasteiger partial charge in [-0.2, -0.15) is 0 Å². The molecule has 0 amide bonds. The first-order valence-corrected chi connectivity index (χ1v) is 18.7. The highest BCUT2D eigenvalue weighted by molar-refractivity contribution is 6.71. The monoisotopic (exact) mass is 473 g/mol. The van der Waals surface area contributed by atoms with Crippen LogP contribution in [-0.2, 0) is 18.4 Å². The smallest absolute Gasteiger partial charge is 0.186 e. The first-order chi connectivity index (χ1) is 14.4. The molecule has 2 atom stereocenters. The van der Waals surface area contributed by atoms with Gasteiger partial charge in [0.15, 0.2) is 16.6 Å². The fraction of sp³-hybridized carbons (Fsp3) is 0.917. The molecule has 0 N–H and O–H groups in total. The molecule has 0 aromatic rings. The molecular formula is C24H51NO4Si2. The van der Waals surface area contributed by atoms with E-state index in [1.54, 1.807) is 0 Å². The van der Waals surface area contributed by atoms with Crippen LogP contribution in [0.5, 0.6) is 0 Å². The predicted molar refractivity (Wildman–Crippen MR) is 137 cm³/mol. The zero-order valence-electron chi connectivity index (χ0n) is 22.0. The van der Waals surface area contributed by atoms with E-state index in [1.807, 2.05) is 27.7 Å². The number of nitrogens with zero attached hydrogens (tertiary/aromatic N) is 1. The molecule has 31 heavy (non-hydrogen) atoms. The van der Waals surface area contributed by atoms with Crippen LogP contribution in [0.1, 0.15) is 60.3 Å². The number of Topliss-reactive ketones (excluding diaryl/α,β-unsaturated/α-hetero) is 2. The van der Waals surface area contributed by atoms with E-state index >= 15 is 0 Å². The second-order valence-corrected chi connectivity index (χ2v) is 18.8. The summed E-state index contributed by atoms with van der Waals surface area (Å²) in [5.41, 5.74) is 0. The maximum absolute atomic E-state index is 12.6. The minimum absolute atomic E-state index is 0.0112. The van der Waals surface area contributed by atoms with Crippen molar-refractivity contribution in [3.05, 3.63) is 0 Å². The van der Waals surface area contributed by atoms with E-state index in [2.05, 4.69) is 38.0 Å². The Balaban J connectivity index is 4.39. The Morgan fingerprint density at radius 1 is 0.742 bits per heavy atom. The van der Waals surface area contributed by atoms with Gasteiger partial charge < -0.3 is 13.8 Å². The number of carbonyl (C=O) groups excluding carboxylic acids is 2. The van der Waals surface area contributed by atoms with E-state index in [-0.39, 0.29) is 11.8 Å². The summed E-state index contributed by atoms with van der Waals surface area (Å²) >= 11 is 0. The van der Waals surface area contributed by atoms with Gasteiger partial charge in [0.25, 0.3) is 0 Å². The average molecular weight is 474 g/mol. The molecule has 0 aliphatic rings. The van der Waals surface area contributed by atoms with Crippen molar-refractivity contribution < 1.29 is 18.4 Å². The van der Waals surface area contributed by atoms with E-state index in [4.69, 9.17) is 8.85 Å². The molecule has 0 spiro atoms. The Labute approximate surface area is 194 Å². The summed E-state index contributed by atoms with van der Waals surface area (Å²) in [5.74, 6) is 0.693. The molecule has 0 bridgehead atoms. The topological polar surface area (TPSA) is 55.8 Å². The van der Waals surface area contributed by atoms with Crippen LogP contribution < -0.4 is 0 Å². The maximum atomic E-state index is 12.6. The van der Waals surface area contributed by atoms with Crippen molar-refractivity contribution in [1.82, 2.24) is 4.90 Å². The SMILES string of the molecule is CCO[Si](C)(C)CCCC(=O)C(C)CN(CC)CC(C)C(=O)CCC[Si](C)(C)OCC. The first kappa shape index (κ1) is 30.7. The molecule has 0 aromatic carbocycles. The van der Waals surface area contributed by atoms with Crippen LogP contribution >= 0.6 is 0 Å². The lowest BCUT2D eigenvalue weighted by Gasteiger charge is -2.27. The molecule has 184 valence electrons. The number of carbonyl (C=O) groups is 2. The van der Waals surface area contributed by atoms with E-state index < -0.39 is 16.6 Å². The molecule has 0 fully saturated rings. The van der Waals surface area contributed by atoms with Crippen molar-refractivity contribution in [2.45, 2.75) is 98.6 Å². The van der Waals surface area contributed by atoms with Crippen molar-refractivity contribution in [3.63, 3.8) is 0 Å². The van der Waals surface area contributed by atoms with Gasteiger partial charge in [0.2, 0.25) is 0 Å². The van der Waals surface area contributed by atoms with Crippen LogP contribution in [0.2, 0.25) is 38.3 Å². The molecular weight excluding hydrogens is 422 g/mol. The van der Waals surface area contributed by atoms with Gasteiger partial charge in [-0.1, -0.05) is 20.8 Å². The van der Waals surface area contributed by atoms with Crippen molar-refractivity contribution in [2.75, 3.05) is 32.8 Å². The third-order valence-corrected chi connectivity index (χ3v) is 11.3. The van der Waals surface area contributed by atoms with Crippen molar-refractivity contribution >= 4 is 28.2 Å². The van der Waals surface area contributed by atoms with Gasteiger partial charge in [0, 0.05) is 51.0 Å². The Bertz CT molecular complexity index is 482. The van der Waals surface area contributed by atoms with Crippen molar-refractivity contribution in [3.8, 4) is 0 Å². The summed E-state index contributed by atoms with van der Waals surface area (Å²) in [7, 11) is -3.22. The lowest BCUT2D eigenvalue weighted by molar-refractivity contribution is -0.123. The Morgan fingerprint density at radius 2 is 1.10 bits per heavy atom. The van der Waals surface area contributed by atoms with E-state index in [9.17, 15) is 9.59 Å². The summed E-state index contributed by atoms with van der Waals surface area (Å²) in [5, 5.41) is 0. The normalized spacial score (nSPS) is 14.6. The average Bonchev–Trinajstić information content (AvgIpc) is 2.66. The third kappa shape index (κ3) is 14.4.